The maximum absolute atomic E-state index is 13.9. The maximum atomic E-state index is 13.9. The van der Waals surface area contributed by atoms with Gasteiger partial charge in [0.05, 0.1) is 17.4 Å². The fourth-order valence-corrected chi connectivity index (χ4v) is 5.81. The van der Waals surface area contributed by atoms with E-state index in [0.29, 0.717) is 12.6 Å². The molecule has 2 aliphatic rings. The number of rotatable bonds is 6. The quantitative estimate of drug-likeness (QED) is 0.589. The number of hydrogen-bond acceptors (Lipinski definition) is 5. The molecule has 2 saturated heterocycles. The SMILES string of the molecule is CC(C)n1cnc(C2CN(Cc3ccsc3)CC23CCN(Cc2ccncc2)C3=O)c1. The second-order valence-corrected chi connectivity index (χ2v) is 9.96. The Morgan fingerprint density at radius 2 is 2.03 bits per heavy atom. The van der Waals surface area contributed by atoms with Crippen LogP contribution in [0.3, 0.4) is 0 Å². The number of aromatic nitrogens is 3. The zero-order valence-electron chi connectivity index (χ0n) is 18.1. The molecule has 5 heterocycles. The van der Waals surface area contributed by atoms with Crippen molar-refractivity contribution in [3.63, 3.8) is 0 Å². The molecule has 3 aromatic rings. The minimum atomic E-state index is -0.390. The van der Waals surface area contributed by atoms with E-state index in [2.05, 4.69) is 51.3 Å². The Hall–Kier alpha value is -2.51. The molecule has 2 fully saturated rings. The van der Waals surface area contributed by atoms with Crippen LogP contribution in [0.25, 0.3) is 0 Å². The summed E-state index contributed by atoms with van der Waals surface area (Å²) in [6, 6.07) is 6.54. The van der Waals surface area contributed by atoms with Crippen molar-refractivity contribution >= 4 is 17.2 Å². The van der Waals surface area contributed by atoms with Gasteiger partial charge in [0.15, 0.2) is 0 Å². The van der Waals surface area contributed by atoms with E-state index >= 15 is 0 Å². The Balaban J connectivity index is 1.43. The summed E-state index contributed by atoms with van der Waals surface area (Å²) >= 11 is 1.73. The third-order valence-electron chi connectivity index (χ3n) is 6.84. The van der Waals surface area contributed by atoms with Crippen LogP contribution in [0.15, 0.2) is 53.9 Å². The fraction of sp³-hybridized carbons (Fsp3) is 0.458. The number of nitrogens with zero attached hydrogens (tertiary/aromatic N) is 5. The van der Waals surface area contributed by atoms with Gasteiger partial charge >= 0.3 is 0 Å². The van der Waals surface area contributed by atoms with Gasteiger partial charge in [-0.05, 0) is 60.4 Å². The van der Waals surface area contributed by atoms with Crippen molar-refractivity contribution in [1.29, 1.82) is 0 Å². The Morgan fingerprint density at radius 1 is 1.19 bits per heavy atom. The number of pyridine rings is 1. The van der Waals surface area contributed by atoms with Crippen molar-refractivity contribution in [1.82, 2.24) is 24.3 Å². The van der Waals surface area contributed by atoms with Gasteiger partial charge < -0.3 is 9.47 Å². The molecule has 2 atom stereocenters. The van der Waals surface area contributed by atoms with E-state index in [4.69, 9.17) is 4.98 Å². The van der Waals surface area contributed by atoms with Crippen LogP contribution in [0, 0.1) is 5.41 Å². The van der Waals surface area contributed by atoms with Crippen LogP contribution in [-0.2, 0) is 17.9 Å². The van der Waals surface area contributed by atoms with Gasteiger partial charge in [0.2, 0.25) is 5.91 Å². The first kappa shape index (κ1) is 20.4. The van der Waals surface area contributed by atoms with Gasteiger partial charge in [-0.3, -0.25) is 14.7 Å². The van der Waals surface area contributed by atoms with Crippen molar-refractivity contribution in [3.05, 3.63) is 70.7 Å². The lowest BCUT2D eigenvalue weighted by Gasteiger charge is -2.28. The van der Waals surface area contributed by atoms with E-state index in [0.717, 1.165) is 43.9 Å². The number of thiophene rings is 1. The summed E-state index contributed by atoms with van der Waals surface area (Å²) in [6.07, 6.45) is 8.56. The van der Waals surface area contributed by atoms with Crippen LogP contribution < -0.4 is 0 Å². The summed E-state index contributed by atoms with van der Waals surface area (Å²) < 4.78 is 2.15. The smallest absolute Gasteiger partial charge is 0.231 e. The van der Waals surface area contributed by atoms with Crippen molar-refractivity contribution in [3.8, 4) is 0 Å². The predicted octanol–water partition coefficient (Wildman–Crippen LogP) is 3.94. The number of hydrogen-bond donors (Lipinski definition) is 0. The Kier molecular flexibility index (Phi) is 5.40. The Morgan fingerprint density at radius 3 is 2.74 bits per heavy atom. The van der Waals surface area contributed by atoms with Crippen molar-refractivity contribution < 1.29 is 4.79 Å². The Labute approximate surface area is 187 Å². The van der Waals surface area contributed by atoms with E-state index < -0.39 is 0 Å². The molecular formula is C24H29N5OS. The molecule has 0 N–H and O–H groups in total. The fourth-order valence-electron chi connectivity index (χ4n) is 5.15. The first-order chi connectivity index (χ1) is 15.0. The summed E-state index contributed by atoms with van der Waals surface area (Å²) in [7, 11) is 0. The minimum Gasteiger partial charge on any atom is -0.338 e. The first-order valence-electron chi connectivity index (χ1n) is 11.0. The molecule has 2 aliphatic heterocycles. The molecule has 0 radical (unpaired) electrons. The second-order valence-electron chi connectivity index (χ2n) is 9.18. The monoisotopic (exact) mass is 435 g/mol. The lowest BCUT2D eigenvalue weighted by molar-refractivity contribution is -0.136. The maximum Gasteiger partial charge on any atom is 0.231 e. The number of likely N-dealkylation sites (tertiary alicyclic amines) is 2. The highest BCUT2D eigenvalue weighted by atomic mass is 32.1. The van der Waals surface area contributed by atoms with Gasteiger partial charge in [0.1, 0.15) is 0 Å². The highest BCUT2D eigenvalue weighted by Crippen LogP contribution is 2.50. The standard InChI is InChI=1S/C24H29N5OS/c1-18(2)29-14-22(26-17-29)21-13-27(11-20-5-10-31-15-20)16-24(21)6-9-28(23(24)30)12-19-3-7-25-8-4-19/h3-5,7-8,10,14-15,17-18,21H,6,9,11-13,16H2,1-2H3. The first-order valence-corrected chi connectivity index (χ1v) is 11.9. The van der Waals surface area contributed by atoms with Crippen molar-refractivity contribution in [2.24, 2.45) is 5.41 Å². The molecule has 1 amide bonds. The summed E-state index contributed by atoms with van der Waals surface area (Å²) in [5.41, 5.74) is 3.13. The van der Waals surface area contributed by atoms with Gasteiger partial charge in [-0.25, -0.2) is 4.98 Å². The molecule has 162 valence electrons. The zero-order valence-corrected chi connectivity index (χ0v) is 19.0. The number of amides is 1. The summed E-state index contributed by atoms with van der Waals surface area (Å²) in [5.74, 6) is 0.405. The molecule has 6 nitrogen and oxygen atoms in total. The molecule has 31 heavy (non-hydrogen) atoms. The third kappa shape index (κ3) is 3.81. The van der Waals surface area contributed by atoms with Crippen LogP contribution in [-0.4, -0.2) is 49.9 Å². The molecule has 0 bridgehead atoms. The largest absolute Gasteiger partial charge is 0.338 e. The van der Waals surface area contributed by atoms with Crippen LogP contribution >= 0.6 is 11.3 Å². The van der Waals surface area contributed by atoms with E-state index in [1.54, 1.807) is 23.7 Å². The molecule has 2 unspecified atom stereocenters. The van der Waals surface area contributed by atoms with E-state index in [1.165, 1.54) is 5.56 Å². The number of carbonyl (C=O) groups is 1. The highest BCUT2D eigenvalue weighted by Gasteiger charge is 2.57. The van der Waals surface area contributed by atoms with Gasteiger partial charge in [-0.2, -0.15) is 11.3 Å². The lowest BCUT2D eigenvalue weighted by Crippen LogP contribution is -2.39. The van der Waals surface area contributed by atoms with Gasteiger partial charge in [0, 0.05) is 63.3 Å². The molecule has 3 aromatic heterocycles. The van der Waals surface area contributed by atoms with Gasteiger partial charge in [-0.15, -0.1) is 0 Å². The molecule has 0 saturated carbocycles. The average molecular weight is 436 g/mol. The topological polar surface area (TPSA) is 54.3 Å². The van der Waals surface area contributed by atoms with Crippen LogP contribution in [0.4, 0.5) is 0 Å². The minimum absolute atomic E-state index is 0.126. The summed E-state index contributed by atoms with van der Waals surface area (Å²) in [4.78, 5) is 27.2. The molecule has 0 aliphatic carbocycles. The van der Waals surface area contributed by atoms with Crippen LogP contribution in [0.2, 0.25) is 0 Å². The Bertz CT molecular complexity index is 1030. The highest BCUT2D eigenvalue weighted by molar-refractivity contribution is 7.07. The van der Waals surface area contributed by atoms with Crippen molar-refractivity contribution in [2.75, 3.05) is 19.6 Å². The number of carbonyl (C=O) groups excluding carboxylic acids is 1. The molecule has 1 spiro atoms. The lowest BCUT2D eigenvalue weighted by atomic mass is 9.75. The zero-order chi connectivity index (χ0) is 21.4. The summed E-state index contributed by atoms with van der Waals surface area (Å²) in [6.45, 7) is 8.35. The molecule has 0 aromatic carbocycles. The van der Waals surface area contributed by atoms with E-state index in [9.17, 15) is 4.79 Å². The molecule has 7 heteroatoms. The second kappa shape index (κ2) is 8.20. The van der Waals surface area contributed by atoms with Crippen molar-refractivity contribution in [2.45, 2.75) is 45.3 Å². The van der Waals surface area contributed by atoms with Crippen LogP contribution in [0.1, 0.15) is 49.0 Å². The normalized spacial score (nSPS) is 24.2. The van der Waals surface area contributed by atoms with E-state index in [1.807, 2.05) is 23.4 Å². The average Bonchev–Trinajstić information content (AvgIpc) is 3.55. The number of imidazole rings is 1. The predicted molar refractivity (Wildman–Crippen MR) is 122 cm³/mol. The van der Waals surface area contributed by atoms with Gasteiger partial charge in [0.25, 0.3) is 0 Å². The molecule has 5 rings (SSSR count). The van der Waals surface area contributed by atoms with E-state index in [-0.39, 0.29) is 17.2 Å². The van der Waals surface area contributed by atoms with Crippen LogP contribution in [0.5, 0.6) is 0 Å². The van der Waals surface area contributed by atoms with Gasteiger partial charge in [-0.1, -0.05) is 0 Å². The third-order valence-corrected chi connectivity index (χ3v) is 7.57. The summed E-state index contributed by atoms with van der Waals surface area (Å²) in [5, 5.41) is 4.33. The molecular weight excluding hydrogens is 406 g/mol.